The first kappa shape index (κ1) is 20.7. The van der Waals surface area contributed by atoms with Crippen molar-refractivity contribution in [3.63, 3.8) is 0 Å². The molecule has 1 aliphatic heterocycles. The molecular formula is C24H27N3O2S. The van der Waals surface area contributed by atoms with Crippen LogP contribution in [0, 0.1) is 0 Å². The molecule has 4 rings (SSSR count). The van der Waals surface area contributed by atoms with Crippen molar-refractivity contribution in [2.75, 3.05) is 0 Å². The summed E-state index contributed by atoms with van der Waals surface area (Å²) in [4.78, 5) is 12.2. The highest BCUT2D eigenvalue weighted by Gasteiger charge is 2.34. The number of benzene rings is 2. The highest BCUT2D eigenvalue weighted by Crippen LogP contribution is 2.34. The van der Waals surface area contributed by atoms with Crippen molar-refractivity contribution < 1.29 is 9.53 Å². The van der Waals surface area contributed by atoms with Gasteiger partial charge in [-0.2, -0.15) is 0 Å². The topological polar surface area (TPSA) is 57.0 Å². The normalized spacial score (nSPS) is 19.1. The number of carbonyl (C=O) groups excluding carboxylic acids is 1. The van der Waals surface area contributed by atoms with Gasteiger partial charge in [0.25, 0.3) is 0 Å². The molecule has 1 fully saturated rings. The number of carbonyl (C=O) groups is 1. The van der Waals surface area contributed by atoms with Gasteiger partial charge in [-0.25, -0.2) is 0 Å². The Balaban J connectivity index is 1.69. The molecule has 0 spiro atoms. The second kappa shape index (κ2) is 8.26. The van der Waals surface area contributed by atoms with Crippen molar-refractivity contribution in [3.05, 3.63) is 65.7 Å². The summed E-state index contributed by atoms with van der Waals surface area (Å²) in [6, 6.07) is 18.8. The lowest BCUT2D eigenvalue weighted by Crippen LogP contribution is -2.12. The average molecular weight is 422 g/mol. The smallest absolute Gasteiger partial charge is 0.319 e. The van der Waals surface area contributed by atoms with Crippen molar-refractivity contribution in [2.45, 2.75) is 62.6 Å². The number of aromatic nitrogens is 3. The van der Waals surface area contributed by atoms with Crippen LogP contribution in [0.3, 0.4) is 0 Å². The first-order valence-corrected chi connectivity index (χ1v) is 11.1. The molecule has 1 saturated heterocycles. The third-order valence-electron chi connectivity index (χ3n) is 5.28. The standard InChI is InChI=1S/C24H27N3O2S/c1-16-14-20(22(28)29-16)30-23-26-25-21(27(23)15-17-8-6-5-7-9-17)18-10-12-19(13-11-18)24(2,3)4/h5-13,16,20H,14-15H2,1-4H3/t16-,20+/m1/s1. The molecule has 30 heavy (non-hydrogen) atoms. The minimum Gasteiger partial charge on any atom is -0.462 e. The van der Waals surface area contributed by atoms with Crippen LogP contribution in [0.15, 0.2) is 59.8 Å². The lowest BCUT2D eigenvalue weighted by atomic mass is 9.87. The average Bonchev–Trinajstić information content (AvgIpc) is 3.24. The SMILES string of the molecule is C[C@@H]1C[C@H](Sc2nnc(-c3ccc(C(C)(C)C)cc3)n2Cc2ccccc2)C(=O)O1. The Kier molecular flexibility index (Phi) is 5.69. The van der Waals surface area contributed by atoms with Gasteiger partial charge in [-0.15, -0.1) is 10.2 Å². The number of hydrogen-bond donors (Lipinski definition) is 0. The molecule has 0 amide bonds. The molecule has 1 aromatic heterocycles. The van der Waals surface area contributed by atoms with E-state index in [-0.39, 0.29) is 22.7 Å². The number of rotatable bonds is 5. The predicted molar refractivity (Wildman–Crippen MR) is 120 cm³/mol. The highest BCUT2D eigenvalue weighted by molar-refractivity contribution is 8.00. The second-order valence-corrected chi connectivity index (χ2v) is 9.96. The Morgan fingerprint density at radius 2 is 1.77 bits per heavy atom. The van der Waals surface area contributed by atoms with Gasteiger partial charge < -0.3 is 4.74 Å². The lowest BCUT2D eigenvalue weighted by Gasteiger charge is -2.19. The molecule has 6 heteroatoms. The Morgan fingerprint density at radius 1 is 1.07 bits per heavy atom. The van der Waals surface area contributed by atoms with Gasteiger partial charge in [0.05, 0.1) is 6.54 Å². The van der Waals surface area contributed by atoms with Gasteiger partial charge in [-0.05, 0) is 23.5 Å². The van der Waals surface area contributed by atoms with E-state index in [0.29, 0.717) is 13.0 Å². The molecular weight excluding hydrogens is 394 g/mol. The summed E-state index contributed by atoms with van der Waals surface area (Å²) in [6.45, 7) is 9.18. The van der Waals surface area contributed by atoms with Gasteiger partial charge >= 0.3 is 5.97 Å². The van der Waals surface area contributed by atoms with Gasteiger partial charge in [0.15, 0.2) is 11.0 Å². The molecule has 2 heterocycles. The van der Waals surface area contributed by atoms with Crippen molar-refractivity contribution in [3.8, 4) is 11.4 Å². The van der Waals surface area contributed by atoms with Crippen LogP contribution in [0.1, 0.15) is 45.2 Å². The van der Waals surface area contributed by atoms with Crippen molar-refractivity contribution in [2.24, 2.45) is 0 Å². The maximum Gasteiger partial charge on any atom is 0.319 e. The van der Waals surface area contributed by atoms with Crippen molar-refractivity contribution in [1.82, 2.24) is 14.8 Å². The summed E-state index contributed by atoms with van der Waals surface area (Å²) < 4.78 is 7.42. The molecule has 0 aliphatic carbocycles. The molecule has 2 aromatic carbocycles. The van der Waals surface area contributed by atoms with Crippen LogP contribution in [0.4, 0.5) is 0 Å². The first-order chi connectivity index (χ1) is 14.3. The maximum atomic E-state index is 12.2. The third-order valence-corrected chi connectivity index (χ3v) is 6.47. The number of nitrogens with zero attached hydrogens (tertiary/aromatic N) is 3. The van der Waals surface area contributed by atoms with Gasteiger partial charge in [-0.1, -0.05) is 87.1 Å². The largest absolute Gasteiger partial charge is 0.462 e. The van der Waals surface area contributed by atoms with E-state index < -0.39 is 0 Å². The van der Waals surface area contributed by atoms with Crippen LogP contribution in [-0.4, -0.2) is 32.1 Å². The monoisotopic (exact) mass is 421 g/mol. The fourth-order valence-electron chi connectivity index (χ4n) is 3.56. The van der Waals surface area contributed by atoms with E-state index in [4.69, 9.17) is 4.74 Å². The minimum absolute atomic E-state index is 0.0510. The van der Waals surface area contributed by atoms with Crippen LogP contribution in [0.2, 0.25) is 0 Å². The van der Waals surface area contributed by atoms with Gasteiger partial charge in [-0.3, -0.25) is 9.36 Å². The molecule has 0 saturated carbocycles. The van der Waals surface area contributed by atoms with E-state index in [0.717, 1.165) is 22.1 Å². The van der Waals surface area contributed by atoms with Crippen LogP contribution in [0.25, 0.3) is 11.4 Å². The molecule has 0 unspecified atom stereocenters. The molecule has 156 valence electrons. The van der Waals surface area contributed by atoms with E-state index in [1.165, 1.54) is 17.3 Å². The summed E-state index contributed by atoms with van der Waals surface area (Å²) in [7, 11) is 0. The van der Waals surface area contributed by atoms with E-state index in [1.807, 2.05) is 25.1 Å². The summed E-state index contributed by atoms with van der Waals surface area (Å²) in [5.41, 5.74) is 3.55. The van der Waals surface area contributed by atoms with Crippen LogP contribution >= 0.6 is 11.8 Å². The van der Waals surface area contributed by atoms with E-state index in [9.17, 15) is 4.79 Å². The summed E-state index contributed by atoms with van der Waals surface area (Å²) in [5.74, 6) is 0.638. The molecule has 1 aliphatic rings. The quantitative estimate of drug-likeness (QED) is 0.537. The van der Waals surface area contributed by atoms with E-state index >= 15 is 0 Å². The predicted octanol–water partition coefficient (Wildman–Crippen LogP) is 5.09. The molecule has 3 aromatic rings. The molecule has 5 nitrogen and oxygen atoms in total. The van der Waals surface area contributed by atoms with Crippen LogP contribution < -0.4 is 0 Å². The van der Waals surface area contributed by atoms with Crippen LogP contribution in [0.5, 0.6) is 0 Å². The number of cyclic esters (lactones) is 1. The molecule has 2 atom stereocenters. The zero-order valence-corrected chi connectivity index (χ0v) is 18.6. The fraction of sp³-hybridized carbons (Fsp3) is 0.375. The van der Waals surface area contributed by atoms with Crippen molar-refractivity contribution in [1.29, 1.82) is 0 Å². The summed E-state index contributed by atoms with van der Waals surface area (Å²) in [5, 5.41) is 9.45. The van der Waals surface area contributed by atoms with Gasteiger partial charge in [0, 0.05) is 12.0 Å². The van der Waals surface area contributed by atoms with E-state index in [1.54, 1.807) is 0 Å². The number of esters is 1. The zero-order chi connectivity index (χ0) is 21.3. The summed E-state index contributed by atoms with van der Waals surface area (Å²) in [6.07, 6.45) is 0.641. The van der Waals surface area contributed by atoms with Crippen molar-refractivity contribution >= 4 is 17.7 Å². The maximum absolute atomic E-state index is 12.2. The fourth-order valence-corrected chi connectivity index (χ4v) is 4.70. The number of ether oxygens (including phenoxy) is 1. The Hall–Kier alpha value is -2.60. The third kappa shape index (κ3) is 4.43. The van der Waals surface area contributed by atoms with Gasteiger partial charge in [0.2, 0.25) is 0 Å². The zero-order valence-electron chi connectivity index (χ0n) is 17.8. The number of thioether (sulfide) groups is 1. The summed E-state index contributed by atoms with van der Waals surface area (Å²) >= 11 is 1.45. The van der Waals surface area contributed by atoms with E-state index in [2.05, 4.69) is 71.9 Å². The number of hydrogen-bond acceptors (Lipinski definition) is 5. The molecule has 0 N–H and O–H groups in total. The highest BCUT2D eigenvalue weighted by atomic mass is 32.2. The Bertz CT molecular complexity index is 1020. The van der Waals surface area contributed by atoms with Gasteiger partial charge in [0.1, 0.15) is 11.4 Å². The molecule has 0 radical (unpaired) electrons. The second-order valence-electron chi connectivity index (χ2n) is 8.79. The minimum atomic E-state index is -0.241. The van der Waals surface area contributed by atoms with Crippen LogP contribution in [-0.2, 0) is 21.5 Å². The first-order valence-electron chi connectivity index (χ1n) is 10.3. The Morgan fingerprint density at radius 3 is 2.37 bits per heavy atom. The Labute approximate surface area is 181 Å². The molecule has 0 bridgehead atoms. The lowest BCUT2D eigenvalue weighted by molar-refractivity contribution is -0.140.